The Kier molecular flexibility index (Phi) is 5.14. The lowest BCUT2D eigenvalue weighted by molar-refractivity contribution is -0.143. The predicted octanol–water partition coefficient (Wildman–Crippen LogP) is 1.45. The molecule has 3 aliphatic rings. The van der Waals surface area contributed by atoms with Gasteiger partial charge in [0.25, 0.3) is 0 Å². The Bertz CT molecular complexity index is 1250. The third kappa shape index (κ3) is 3.04. The number of imide groups is 1. The number of nitrogens with two attached hydrogens (primary N) is 1. The van der Waals surface area contributed by atoms with Gasteiger partial charge in [0.2, 0.25) is 23.6 Å². The minimum Gasteiger partial charge on any atom is -0.497 e. The molecule has 0 radical (unpaired) electrons. The Morgan fingerprint density at radius 1 is 1.15 bits per heavy atom. The van der Waals surface area contributed by atoms with Crippen molar-refractivity contribution in [2.75, 3.05) is 12.4 Å². The van der Waals surface area contributed by atoms with E-state index in [1.807, 2.05) is 0 Å². The van der Waals surface area contributed by atoms with Crippen LogP contribution in [0.25, 0.3) is 0 Å². The molecular formula is C24H23ClN4O5. The van der Waals surface area contributed by atoms with Crippen molar-refractivity contribution in [3.8, 4) is 5.75 Å². The van der Waals surface area contributed by atoms with Crippen molar-refractivity contribution in [2.24, 2.45) is 17.6 Å². The highest BCUT2D eigenvalue weighted by molar-refractivity contribution is 6.32. The van der Waals surface area contributed by atoms with Gasteiger partial charge in [-0.1, -0.05) is 29.8 Å². The second-order valence-corrected chi connectivity index (χ2v) is 9.30. The van der Waals surface area contributed by atoms with E-state index in [4.69, 9.17) is 22.1 Å². The smallest absolute Gasteiger partial charge is 0.250 e. The molecular weight excluding hydrogens is 460 g/mol. The normalized spacial score (nSPS) is 27.2. The first kappa shape index (κ1) is 22.4. The summed E-state index contributed by atoms with van der Waals surface area (Å²) in [7, 11) is 1.55. The third-order valence-corrected chi connectivity index (χ3v) is 7.51. The lowest BCUT2D eigenvalue weighted by atomic mass is 9.76. The largest absolute Gasteiger partial charge is 0.497 e. The number of carbonyl (C=O) groups excluding carboxylic acids is 4. The molecule has 34 heavy (non-hydrogen) atoms. The maximum atomic E-state index is 13.7. The number of amides is 4. The van der Waals surface area contributed by atoms with E-state index in [0.29, 0.717) is 27.6 Å². The number of methoxy groups -OCH3 is 1. The number of nitrogens with one attached hydrogen (secondary N) is 2. The summed E-state index contributed by atoms with van der Waals surface area (Å²) in [6, 6.07) is 9.60. The van der Waals surface area contributed by atoms with Crippen LogP contribution < -0.4 is 21.1 Å². The summed E-state index contributed by atoms with van der Waals surface area (Å²) in [4.78, 5) is 53.7. The Balaban J connectivity index is 1.59. The Morgan fingerprint density at radius 3 is 2.50 bits per heavy atom. The summed E-state index contributed by atoms with van der Waals surface area (Å²) in [5, 5.41) is 6.48. The van der Waals surface area contributed by atoms with E-state index < -0.39 is 47.0 Å². The molecule has 0 aromatic heterocycles. The molecule has 4 N–H and O–H groups in total. The number of carbonyl (C=O) groups is 4. The monoisotopic (exact) mass is 482 g/mol. The minimum absolute atomic E-state index is 0.0438. The Morgan fingerprint density at radius 2 is 1.85 bits per heavy atom. The molecule has 9 nitrogen and oxygen atoms in total. The minimum atomic E-state index is -1.50. The summed E-state index contributed by atoms with van der Waals surface area (Å²) in [6.07, 6.45) is -0.187. The molecule has 2 aromatic rings. The average molecular weight is 483 g/mol. The fourth-order valence-corrected chi connectivity index (χ4v) is 5.67. The van der Waals surface area contributed by atoms with E-state index in [-0.39, 0.29) is 13.0 Å². The summed E-state index contributed by atoms with van der Waals surface area (Å²) < 4.78 is 5.17. The van der Waals surface area contributed by atoms with Crippen LogP contribution in [0.5, 0.6) is 5.75 Å². The zero-order valence-corrected chi connectivity index (χ0v) is 19.3. The molecule has 4 amide bonds. The zero-order chi connectivity index (χ0) is 24.4. The van der Waals surface area contributed by atoms with Gasteiger partial charge in [0.15, 0.2) is 0 Å². The first-order valence-corrected chi connectivity index (χ1v) is 11.2. The number of benzene rings is 2. The van der Waals surface area contributed by atoms with Crippen molar-refractivity contribution in [1.82, 2.24) is 10.2 Å². The summed E-state index contributed by atoms with van der Waals surface area (Å²) in [6.45, 7) is 1.81. The van der Waals surface area contributed by atoms with Crippen LogP contribution in [0.4, 0.5) is 5.69 Å². The third-order valence-electron chi connectivity index (χ3n) is 7.10. The highest BCUT2D eigenvalue weighted by Crippen LogP contribution is 2.54. The highest BCUT2D eigenvalue weighted by Gasteiger charge is 2.70. The standard InChI is InChI=1S/C24H23ClN4O5/c1-11-15(25)8-7-14-20(11)27-23(33)24(14)19-18(16(28-24)9-17(26)30)21(31)29(22(19)32)10-12-3-5-13(34-2)6-4-12/h3-8,16,18-19,28H,9-10H2,1-2H3,(H2,26,30)(H,27,33)/t16-,18-,19-,24-/m1/s1. The van der Waals surface area contributed by atoms with Gasteiger partial charge >= 0.3 is 0 Å². The number of halogens is 1. The van der Waals surface area contributed by atoms with Gasteiger partial charge in [0.05, 0.1) is 31.2 Å². The van der Waals surface area contributed by atoms with Crippen LogP contribution in [-0.4, -0.2) is 41.7 Å². The van der Waals surface area contributed by atoms with Crippen LogP contribution in [-0.2, 0) is 31.3 Å². The second-order valence-electron chi connectivity index (χ2n) is 8.89. The van der Waals surface area contributed by atoms with Crippen LogP contribution in [0, 0.1) is 18.8 Å². The van der Waals surface area contributed by atoms with Crippen LogP contribution in [0.15, 0.2) is 36.4 Å². The van der Waals surface area contributed by atoms with E-state index in [0.717, 1.165) is 5.56 Å². The van der Waals surface area contributed by atoms with Crippen LogP contribution >= 0.6 is 11.6 Å². The highest BCUT2D eigenvalue weighted by atomic mass is 35.5. The molecule has 0 saturated carbocycles. The lowest BCUT2D eigenvalue weighted by Crippen LogP contribution is -2.53. The number of fused-ring (bicyclic) bond motifs is 4. The lowest BCUT2D eigenvalue weighted by Gasteiger charge is -2.29. The van der Waals surface area contributed by atoms with Crippen molar-refractivity contribution in [1.29, 1.82) is 0 Å². The number of ether oxygens (including phenoxy) is 1. The summed E-state index contributed by atoms with van der Waals surface area (Å²) >= 11 is 6.26. The number of hydrogen-bond acceptors (Lipinski definition) is 6. The molecule has 5 rings (SSSR count). The second kappa shape index (κ2) is 7.82. The quantitative estimate of drug-likeness (QED) is 0.553. The van der Waals surface area contributed by atoms with Gasteiger partial charge in [-0.25, -0.2) is 0 Å². The number of nitrogens with zero attached hydrogens (tertiary/aromatic N) is 1. The SMILES string of the molecule is COc1ccc(CN2C(=O)[C@@H]3[C@@H](CC(N)=O)N[C@@]4(C(=O)Nc5c4ccc(Cl)c5C)[C@H]3C2=O)cc1. The maximum absolute atomic E-state index is 13.7. The first-order valence-electron chi connectivity index (χ1n) is 10.8. The van der Waals surface area contributed by atoms with Gasteiger partial charge in [0.1, 0.15) is 11.3 Å². The zero-order valence-electron chi connectivity index (χ0n) is 18.6. The average Bonchev–Trinajstić information content (AvgIpc) is 3.37. The first-order chi connectivity index (χ1) is 16.2. The van der Waals surface area contributed by atoms with Crippen LogP contribution in [0.3, 0.4) is 0 Å². The van der Waals surface area contributed by atoms with Crippen LogP contribution in [0.2, 0.25) is 5.02 Å². The van der Waals surface area contributed by atoms with Gasteiger partial charge in [-0.15, -0.1) is 0 Å². The fourth-order valence-electron chi connectivity index (χ4n) is 5.51. The van der Waals surface area contributed by atoms with Gasteiger partial charge in [-0.3, -0.25) is 29.4 Å². The van der Waals surface area contributed by atoms with E-state index in [2.05, 4.69) is 10.6 Å². The van der Waals surface area contributed by atoms with Gasteiger partial charge < -0.3 is 15.8 Å². The van der Waals surface area contributed by atoms with Crippen molar-refractivity contribution in [3.05, 3.63) is 58.1 Å². The van der Waals surface area contributed by atoms with E-state index in [9.17, 15) is 19.2 Å². The van der Waals surface area contributed by atoms with Gasteiger partial charge in [-0.2, -0.15) is 0 Å². The van der Waals surface area contributed by atoms with Crippen molar-refractivity contribution < 1.29 is 23.9 Å². The molecule has 1 spiro atoms. The molecule has 0 aliphatic carbocycles. The molecule has 176 valence electrons. The number of anilines is 1. The van der Waals surface area contributed by atoms with Gasteiger partial charge in [0, 0.05) is 23.0 Å². The maximum Gasteiger partial charge on any atom is 0.250 e. The van der Waals surface area contributed by atoms with E-state index in [1.54, 1.807) is 50.4 Å². The van der Waals surface area contributed by atoms with Crippen LogP contribution in [0.1, 0.15) is 23.1 Å². The number of hydrogen-bond donors (Lipinski definition) is 3. The topological polar surface area (TPSA) is 131 Å². The van der Waals surface area contributed by atoms with Gasteiger partial charge in [-0.05, 0) is 36.2 Å². The molecule has 10 heteroatoms. The number of rotatable bonds is 5. The number of likely N-dealkylation sites (tertiary alicyclic amines) is 1. The summed E-state index contributed by atoms with van der Waals surface area (Å²) in [5.41, 5.74) is 6.40. The molecule has 2 fully saturated rings. The van der Waals surface area contributed by atoms with E-state index >= 15 is 0 Å². The molecule has 2 aromatic carbocycles. The fraction of sp³-hybridized carbons (Fsp3) is 0.333. The van der Waals surface area contributed by atoms with Crippen molar-refractivity contribution in [3.63, 3.8) is 0 Å². The Labute approximate surface area is 200 Å². The number of primary amides is 1. The molecule has 2 saturated heterocycles. The molecule has 3 aliphatic heterocycles. The molecule has 0 bridgehead atoms. The van der Waals surface area contributed by atoms with Crippen molar-refractivity contribution >= 4 is 40.9 Å². The molecule has 0 unspecified atom stereocenters. The Hall–Kier alpha value is -3.43. The summed E-state index contributed by atoms with van der Waals surface area (Å²) in [5.74, 6) is -3.28. The molecule has 4 atom stereocenters. The molecule has 3 heterocycles. The van der Waals surface area contributed by atoms with Crippen molar-refractivity contribution in [2.45, 2.75) is 31.5 Å². The van der Waals surface area contributed by atoms with E-state index in [1.165, 1.54) is 4.90 Å². The predicted molar refractivity (Wildman–Crippen MR) is 123 cm³/mol.